The minimum Gasteiger partial charge on any atom is -0.462 e. The highest BCUT2D eigenvalue weighted by Gasteiger charge is 2.10. The number of anilines is 1. The largest absolute Gasteiger partial charge is 0.462 e. The Labute approximate surface area is 164 Å². The second-order valence-corrected chi connectivity index (χ2v) is 6.55. The SMILES string of the molecule is CCOC(=O)c1ccc(NC(=O)CSc2n[nH]c(-c3ccc(F)cc3)n2)cc1. The van der Waals surface area contributed by atoms with Gasteiger partial charge in [0, 0.05) is 11.3 Å². The van der Waals surface area contributed by atoms with Gasteiger partial charge in [0.25, 0.3) is 0 Å². The molecule has 0 spiro atoms. The number of benzene rings is 2. The van der Waals surface area contributed by atoms with E-state index in [1.807, 2.05) is 0 Å². The van der Waals surface area contributed by atoms with Crippen LogP contribution in [0.25, 0.3) is 11.4 Å². The number of aromatic amines is 1. The van der Waals surface area contributed by atoms with Crippen molar-refractivity contribution in [2.24, 2.45) is 0 Å². The first-order valence-corrected chi connectivity index (χ1v) is 9.42. The van der Waals surface area contributed by atoms with Gasteiger partial charge in [0.1, 0.15) is 5.82 Å². The molecule has 0 unspecified atom stereocenters. The van der Waals surface area contributed by atoms with Crippen LogP contribution in [0.15, 0.2) is 53.7 Å². The number of nitrogens with zero attached hydrogens (tertiary/aromatic N) is 2. The Balaban J connectivity index is 1.52. The number of esters is 1. The van der Waals surface area contributed by atoms with Gasteiger partial charge in [-0.05, 0) is 55.5 Å². The lowest BCUT2D eigenvalue weighted by Gasteiger charge is -2.05. The fourth-order valence-electron chi connectivity index (χ4n) is 2.28. The first-order valence-electron chi connectivity index (χ1n) is 8.43. The molecule has 2 N–H and O–H groups in total. The van der Waals surface area contributed by atoms with Gasteiger partial charge in [-0.3, -0.25) is 9.89 Å². The molecule has 0 bridgehead atoms. The standard InChI is InChI=1S/C19H17FN4O3S/c1-2-27-18(26)13-5-9-15(10-6-13)21-16(25)11-28-19-22-17(23-24-19)12-3-7-14(20)8-4-12/h3-10H,2,11H2,1H3,(H,21,25)(H,22,23,24). The summed E-state index contributed by atoms with van der Waals surface area (Å²) in [6.07, 6.45) is 0. The van der Waals surface area contributed by atoms with E-state index in [2.05, 4.69) is 20.5 Å². The number of aromatic nitrogens is 3. The topological polar surface area (TPSA) is 97.0 Å². The molecule has 0 saturated carbocycles. The third-order valence-corrected chi connectivity index (χ3v) is 4.44. The molecule has 0 radical (unpaired) electrons. The predicted octanol–water partition coefficient (Wildman–Crippen LogP) is 3.52. The van der Waals surface area contributed by atoms with Gasteiger partial charge in [-0.1, -0.05) is 11.8 Å². The summed E-state index contributed by atoms with van der Waals surface area (Å²) >= 11 is 1.17. The van der Waals surface area contributed by atoms with Gasteiger partial charge in [0.15, 0.2) is 5.82 Å². The lowest BCUT2D eigenvalue weighted by molar-refractivity contribution is -0.113. The third kappa shape index (κ3) is 5.17. The highest BCUT2D eigenvalue weighted by molar-refractivity contribution is 7.99. The van der Waals surface area contributed by atoms with Crippen molar-refractivity contribution < 1.29 is 18.7 Å². The number of amides is 1. The first-order chi connectivity index (χ1) is 13.5. The van der Waals surface area contributed by atoms with E-state index in [0.29, 0.717) is 34.4 Å². The lowest BCUT2D eigenvalue weighted by atomic mass is 10.2. The first kappa shape index (κ1) is 19.6. The van der Waals surface area contributed by atoms with Crippen molar-refractivity contribution in [1.29, 1.82) is 0 Å². The maximum Gasteiger partial charge on any atom is 0.338 e. The van der Waals surface area contributed by atoms with Gasteiger partial charge in [-0.2, -0.15) is 0 Å². The average Bonchev–Trinajstić information content (AvgIpc) is 3.17. The fourth-order valence-corrected chi connectivity index (χ4v) is 2.88. The number of thioether (sulfide) groups is 1. The van der Waals surface area contributed by atoms with Crippen molar-refractivity contribution >= 4 is 29.3 Å². The van der Waals surface area contributed by atoms with E-state index < -0.39 is 5.97 Å². The minimum absolute atomic E-state index is 0.111. The zero-order valence-corrected chi connectivity index (χ0v) is 15.8. The quantitative estimate of drug-likeness (QED) is 0.465. The maximum atomic E-state index is 13.0. The maximum absolute atomic E-state index is 13.0. The number of carbonyl (C=O) groups is 2. The number of hydrogen-bond acceptors (Lipinski definition) is 6. The Bertz CT molecular complexity index is 958. The number of nitrogens with one attached hydrogen (secondary N) is 2. The Morgan fingerprint density at radius 2 is 1.86 bits per heavy atom. The van der Waals surface area contributed by atoms with E-state index in [1.165, 1.54) is 23.9 Å². The minimum atomic E-state index is -0.405. The lowest BCUT2D eigenvalue weighted by Crippen LogP contribution is -2.14. The Hall–Kier alpha value is -3.20. The smallest absolute Gasteiger partial charge is 0.338 e. The number of H-pyrrole nitrogens is 1. The highest BCUT2D eigenvalue weighted by atomic mass is 32.2. The van der Waals surface area contributed by atoms with E-state index in [1.54, 1.807) is 43.3 Å². The van der Waals surface area contributed by atoms with Gasteiger partial charge >= 0.3 is 5.97 Å². The second kappa shape index (κ2) is 9.14. The van der Waals surface area contributed by atoms with Crippen molar-refractivity contribution in [2.45, 2.75) is 12.1 Å². The molecular weight excluding hydrogens is 383 g/mol. The average molecular weight is 400 g/mol. The van der Waals surface area contributed by atoms with Crippen LogP contribution in [0.3, 0.4) is 0 Å². The van der Waals surface area contributed by atoms with Crippen LogP contribution in [0.4, 0.5) is 10.1 Å². The number of ether oxygens (including phenoxy) is 1. The van der Waals surface area contributed by atoms with E-state index in [4.69, 9.17) is 4.74 Å². The molecule has 28 heavy (non-hydrogen) atoms. The molecule has 0 aliphatic carbocycles. The van der Waals surface area contributed by atoms with Gasteiger partial charge in [-0.15, -0.1) is 5.10 Å². The second-order valence-electron chi connectivity index (χ2n) is 5.61. The van der Waals surface area contributed by atoms with Crippen molar-refractivity contribution in [3.8, 4) is 11.4 Å². The summed E-state index contributed by atoms with van der Waals surface area (Å²) in [5, 5.41) is 9.95. The van der Waals surface area contributed by atoms with E-state index in [0.717, 1.165) is 0 Å². The molecule has 0 aliphatic heterocycles. The molecule has 3 aromatic rings. The molecule has 1 amide bonds. The molecular formula is C19H17FN4O3S. The van der Waals surface area contributed by atoms with E-state index >= 15 is 0 Å². The Kier molecular flexibility index (Phi) is 6.38. The van der Waals surface area contributed by atoms with Gasteiger partial charge in [0.2, 0.25) is 11.1 Å². The van der Waals surface area contributed by atoms with Crippen LogP contribution in [-0.2, 0) is 9.53 Å². The predicted molar refractivity (Wildman–Crippen MR) is 104 cm³/mol. The summed E-state index contributed by atoms with van der Waals surface area (Å²) < 4.78 is 17.9. The molecule has 144 valence electrons. The van der Waals surface area contributed by atoms with Crippen LogP contribution in [0.1, 0.15) is 17.3 Å². The van der Waals surface area contributed by atoms with Gasteiger partial charge in [-0.25, -0.2) is 14.2 Å². The number of carbonyl (C=O) groups excluding carboxylic acids is 2. The summed E-state index contributed by atoms with van der Waals surface area (Å²) in [6.45, 7) is 2.04. The Morgan fingerprint density at radius 3 is 2.54 bits per heavy atom. The number of rotatable bonds is 7. The monoisotopic (exact) mass is 400 g/mol. The molecule has 0 aliphatic rings. The molecule has 9 heteroatoms. The van der Waals surface area contributed by atoms with Crippen LogP contribution in [-0.4, -0.2) is 39.4 Å². The van der Waals surface area contributed by atoms with Crippen LogP contribution in [0.2, 0.25) is 0 Å². The van der Waals surface area contributed by atoms with Crippen LogP contribution < -0.4 is 5.32 Å². The third-order valence-electron chi connectivity index (χ3n) is 3.59. The molecule has 0 saturated heterocycles. The van der Waals surface area contributed by atoms with Gasteiger partial charge in [0.05, 0.1) is 17.9 Å². The Morgan fingerprint density at radius 1 is 1.14 bits per heavy atom. The molecule has 0 fully saturated rings. The molecule has 7 nitrogen and oxygen atoms in total. The number of halogens is 1. The van der Waals surface area contributed by atoms with Crippen LogP contribution in [0, 0.1) is 5.82 Å². The van der Waals surface area contributed by atoms with Crippen molar-refractivity contribution in [2.75, 3.05) is 17.7 Å². The van der Waals surface area contributed by atoms with Crippen molar-refractivity contribution in [1.82, 2.24) is 15.2 Å². The molecule has 2 aromatic carbocycles. The molecule has 1 heterocycles. The van der Waals surface area contributed by atoms with Crippen molar-refractivity contribution in [3.63, 3.8) is 0 Å². The number of hydrogen-bond donors (Lipinski definition) is 2. The molecule has 1 aromatic heterocycles. The van der Waals surface area contributed by atoms with E-state index in [9.17, 15) is 14.0 Å². The summed E-state index contributed by atoms with van der Waals surface area (Å²) in [5.74, 6) is -0.359. The summed E-state index contributed by atoms with van der Waals surface area (Å²) in [6, 6.07) is 12.3. The van der Waals surface area contributed by atoms with Crippen LogP contribution in [0.5, 0.6) is 0 Å². The fraction of sp³-hybridized carbons (Fsp3) is 0.158. The summed E-state index contributed by atoms with van der Waals surface area (Å²) in [5.41, 5.74) is 1.69. The van der Waals surface area contributed by atoms with Gasteiger partial charge < -0.3 is 10.1 Å². The zero-order valence-electron chi connectivity index (χ0n) is 14.9. The normalized spacial score (nSPS) is 10.5. The van der Waals surface area contributed by atoms with Crippen molar-refractivity contribution in [3.05, 3.63) is 59.9 Å². The molecule has 0 atom stereocenters. The molecule has 3 rings (SSSR count). The van der Waals surface area contributed by atoms with Crippen LogP contribution >= 0.6 is 11.8 Å². The summed E-state index contributed by atoms with van der Waals surface area (Å²) in [4.78, 5) is 28.0. The zero-order chi connectivity index (χ0) is 19.9. The summed E-state index contributed by atoms with van der Waals surface area (Å²) in [7, 11) is 0. The highest BCUT2D eigenvalue weighted by Crippen LogP contribution is 2.20. The van der Waals surface area contributed by atoms with E-state index in [-0.39, 0.29) is 17.5 Å².